The van der Waals surface area contributed by atoms with E-state index in [1.54, 1.807) is 18.0 Å². The minimum Gasteiger partial charge on any atom is -0.332 e. The van der Waals surface area contributed by atoms with Gasteiger partial charge >= 0.3 is 6.03 Å². The van der Waals surface area contributed by atoms with Crippen molar-refractivity contribution in [2.75, 3.05) is 31.9 Å². The van der Waals surface area contributed by atoms with Gasteiger partial charge in [-0.05, 0) is 19.1 Å². The van der Waals surface area contributed by atoms with Gasteiger partial charge in [-0.15, -0.1) is 0 Å². The molecule has 0 atom stereocenters. The molecule has 2 heterocycles. The molecule has 2 rings (SSSR count). The van der Waals surface area contributed by atoms with E-state index in [4.69, 9.17) is 0 Å². The third-order valence-electron chi connectivity index (χ3n) is 3.43. The van der Waals surface area contributed by atoms with Crippen molar-refractivity contribution in [3.8, 4) is 0 Å². The first-order chi connectivity index (χ1) is 10.0. The molecule has 21 heavy (non-hydrogen) atoms. The van der Waals surface area contributed by atoms with Crippen LogP contribution in [0.25, 0.3) is 0 Å². The normalized spacial score (nSPS) is 16.7. The number of aromatic nitrogens is 1. The van der Waals surface area contributed by atoms with Crippen LogP contribution < -0.4 is 5.32 Å². The molecule has 0 bridgehead atoms. The Kier molecular flexibility index (Phi) is 5.13. The van der Waals surface area contributed by atoms with E-state index in [-0.39, 0.29) is 11.8 Å². The number of hydrogen-bond acceptors (Lipinski definition) is 4. The lowest BCUT2D eigenvalue weighted by Gasteiger charge is -2.33. The number of urea groups is 1. The highest BCUT2D eigenvalue weighted by molar-refractivity contribution is 7.89. The lowest BCUT2D eigenvalue weighted by atomic mass is 10.3. The van der Waals surface area contributed by atoms with Crippen LogP contribution in [0.1, 0.15) is 12.6 Å². The van der Waals surface area contributed by atoms with Gasteiger partial charge in [0.05, 0.1) is 18.0 Å². The molecule has 0 saturated carbocycles. The standard InChI is InChI=1S/C13H20N4O3S/c1-2-21(19,20)17-9-7-16(8-10-17)13(18)15-11-12-5-3-4-6-14-12/h3-6H,2,7-11H2,1H3,(H,15,18). The summed E-state index contributed by atoms with van der Waals surface area (Å²) in [5.74, 6) is 0.0961. The third-order valence-corrected chi connectivity index (χ3v) is 5.31. The van der Waals surface area contributed by atoms with Crippen LogP contribution in [0.4, 0.5) is 4.79 Å². The highest BCUT2D eigenvalue weighted by Gasteiger charge is 2.27. The summed E-state index contributed by atoms with van der Waals surface area (Å²) in [4.78, 5) is 17.8. The molecule has 0 radical (unpaired) electrons. The Hall–Kier alpha value is -1.67. The average Bonchev–Trinajstić information content (AvgIpc) is 2.53. The molecule has 1 aromatic rings. The number of pyridine rings is 1. The number of hydrogen-bond donors (Lipinski definition) is 1. The van der Waals surface area contributed by atoms with E-state index in [0.717, 1.165) is 5.69 Å². The third kappa shape index (κ3) is 4.15. The fraction of sp³-hybridized carbons (Fsp3) is 0.538. The zero-order valence-electron chi connectivity index (χ0n) is 12.0. The molecular weight excluding hydrogens is 292 g/mol. The average molecular weight is 312 g/mol. The number of piperazine rings is 1. The molecule has 0 unspecified atom stereocenters. The lowest BCUT2D eigenvalue weighted by molar-refractivity contribution is 0.172. The van der Waals surface area contributed by atoms with Crippen molar-refractivity contribution in [1.82, 2.24) is 19.5 Å². The van der Waals surface area contributed by atoms with Gasteiger partial charge in [-0.2, -0.15) is 4.31 Å². The molecule has 2 amide bonds. The van der Waals surface area contributed by atoms with Crippen LogP contribution in [0, 0.1) is 0 Å². The molecule has 0 spiro atoms. The quantitative estimate of drug-likeness (QED) is 0.864. The second-order valence-corrected chi connectivity index (χ2v) is 7.02. The number of carbonyl (C=O) groups is 1. The zero-order valence-corrected chi connectivity index (χ0v) is 12.8. The van der Waals surface area contributed by atoms with Gasteiger partial charge in [0.2, 0.25) is 10.0 Å². The van der Waals surface area contributed by atoms with Gasteiger partial charge in [-0.1, -0.05) is 6.07 Å². The number of carbonyl (C=O) groups excluding carboxylic acids is 1. The number of amides is 2. The van der Waals surface area contributed by atoms with Crippen LogP contribution in [0.5, 0.6) is 0 Å². The topological polar surface area (TPSA) is 82.6 Å². The first-order valence-electron chi connectivity index (χ1n) is 6.93. The monoisotopic (exact) mass is 312 g/mol. The Labute approximate surface area is 125 Å². The second kappa shape index (κ2) is 6.86. The smallest absolute Gasteiger partial charge is 0.317 e. The van der Waals surface area contributed by atoms with E-state index in [1.165, 1.54) is 4.31 Å². The van der Waals surface area contributed by atoms with Crippen molar-refractivity contribution in [3.63, 3.8) is 0 Å². The van der Waals surface area contributed by atoms with Gasteiger partial charge in [0, 0.05) is 32.4 Å². The van der Waals surface area contributed by atoms with E-state index >= 15 is 0 Å². The number of nitrogens with zero attached hydrogens (tertiary/aromatic N) is 3. The fourth-order valence-corrected chi connectivity index (χ4v) is 3.22. The van der Waals surface area contributed by atoms with E-state index in [2.05, 4.69) is 10.3 Å². The molecule has 1 aliphatic heterocycles. The van der Waals surface area contributed by atoms with Gasteiger partial charge in [0.25, 0.3) is 0 Å². The van der Waals surface area contributed by atoms with E-state index < -0.39 is 10.0 Å². The Morgan fingerprint density at radius 3 is 2.57 bits per heavy atom. The van der Waals surface area contributed by atoms with Gasteiger partial charge < -0.3 is 10.2 Å². The molecule has 7 nitrogen and oxygen atoms in total. The number of sulfonamides is 1. The number of rotatable bonds is 4. The van der Waals surface area contributed by atoms with Crippen LogP contribution in [0.15, 0.2) is 24.4 Å². The van der Waals surface area contributed by atoms with E-state index in [1.807, 2.05) is 18.2 Å². The SMILES string of the molecule is CCS(=O)(=O)N1CCN(C(=O)NCc2ccccn2)CC1. The summed E-state index contributed by atoms with van der Waals surface area (Å²) in [6, 6.07) is 5.34. The minimum atomic E-state index is -3.16. The minimum absolute atomic E-state index is 0.0961. The summed E-state index contributed by atoms with van der Waals surface area (Å²) in [6.45, 7) is 3.52. The summed E-state index contributed by atoms with van der Waals surface area (Å²) in [5, 5.41) is 2.79. The van der Waals surface area contributed by atoms with E-state index in [0.29, 0.717) is 32.7 Å². The molecule has 1 aromatic heterocycles. The first-order valence-corrected chi connectivity index (χ1v) is 8.54. The molecule has 1 fully saturated rings. The second-order valence-electron chi connectivity index (χ2n) is 4.77. The van der Waals surface area contributed by atoms with Crippen LogP contribution in [0.3, 0.4) is 0 Å². The summed E-state index contributed by atoms with van der Waals surface area (Å²) < 4.78 is 24.9. The van der Waals surface area contributed by atoms with E-state index in [9.17, 15) is 13.2 Å². The highest BCUT2D eigenvalue weighted by Crippen LogP contribution is 2.08. The summed E-state index contributed by atoms with van der Waals surface area (Å²) in [7, 11) is -3.16. The number of nitrogens with one attached hydrogen (secondary N) is 1. The van der Waals surface area contributed by atoms with Crippen LogP contribution in [0.2, 0.25) is 0 Å². The van der Waals surface area contributed by atoms with Crippen molar-refractivity contribution in [2.45, 2.75) is 13.5 Å². The van der Waals surface area contributed by atoms with Crippen molar-refractivity contribution < 1.29 is 13.2 Å². The van der Waals surface area contributed by atoms with Crippen LogP contribution >= 0.6 is 0 Å². The van der Waals surface area contributed by atoms with Gasteiger partial charge in [0.1, 0.15) is 0 Å². The largest absolute Gasteiger partial charge is 0.332 e. The maximum absolute atomic E-state index is 12.0. The molecule has 1 saturated heterocycles. The molecule has 1 aliphatic rings. The van der Waals surface area contributed by atoms with Crippen molar-refractivity contribution in [2.24, 2.45) is 0 Å². The summed E-state index contributed by atoms with van der Waals surface area (Å²) in [5.41, 5.74) is 0.790. The Bertz CT molecular complexity index is 568. The Balaban J connectivity index is 1.81. The maximum Gasteiger partial charge on any atom is 0.317 e. The maximum atomic E-state index is 12.0. The first kappa shape index (κ1) is 15.7. The molecule has 1 N–H and O–H groups in total. The highest BCUT2D eigenvalue weighted by atomic mass is 32.2. The van der Waals surface area contributed by atoms with Crippen LogP contribution in [-0.4, -0.2) is 60.6 Å². The predicted octanol–water partition coefficient (Wildman–Crippen LogP) is 0.259. The molecular formula is C13H20N4O3S. The zero-order chi connectivity index (χ0) is 15.3. The van der Waals surface area contributed by atoms with Crippen molar-refractivity contribution in [3.05, 3.63) is 30.1 Å². The van der Waals surface area contributed by atoms with Crippen molar-refractivity contribution in [1.29, 1.82) is 0 Å². The van der Waals surface area contributed by atoms with Gasteiger partial charge in [-0.3, -0.25) is 4.98 Å². The molecule has 116 valence electrons. The van der Waals surface area contributed by atoms with Crippen LogP contribution in [-0.2, 0) is 16.6 Å². The summed E-state index contributed by atoms with van der Waals surface area (Å²) in [6.07, 6.45) is 1.68. The molecule has 0 aliphatic carbocycles. The van der Waals surface area contributed by atoms with Crippen molar-refractivity contribution >= 4 is 16.1 Å². The summed E-state index contributed by atoms with van der Waals surface area (Å²) >= 11 is 0. The molecule has 8 heteroatoms. The molecule has 0 aromatic carbocycles. The Morgan fingerprint density at radius 2 is 2.00 bits per heavy atom. The lowest BCUT2D eigenvalue weighted by Crippen LogP contribution is -2.53. The van der Waals surface area contributed by atoms with Gasteiger partial charge in [0.15, 0.2) is 0 Å². The fourth-order valence-electron chi connectivity index (χ4n) is 2.13. The van der Waals surface area contributed by atoms with Gasteiger partial charge in [-0.25, -0.2) is 13.2 Å². The Morgan fingerprint density at radius 1 is 1.29 bits per heavy atom. The predicted molar refractivity (Wildman–Crippen MR) is 79.1 cm³/mol.